The van der Waals surface area contributed by atoms with Crippen LogP contribution in [0, 0.1) is 11.6 Å². The Balaban J connectivity index is 1.67. The molecule has 0 saturated heterocycles. The van der Waals surface area contributed by atoms with Crippen molar-refractivity contribution in [1.82, 2.24) is 28.9 Å². The Bertz CT molecular complexity index is 1740. The fourth-order valence-corrected chi connectivity index (χ4v) is 4.11. The Hall–Kier alpha value is -4.09. The number of rotatable bonds is 5. The molecule has 13 heteroatoms. The van der Waals surface area contributed by atoms with Gasteiger partial charge in [-0.15, -0.1) is 0 Å². The van der Waals surface area contributed by atoms with E-state index in [0.717, 1.165) is 26.1 Å². The smallest absolute Gasteiger partial charge is 0.325 e. The van der Waals surface area contributed by atoms with Gasteiger partial charge in [0.25, 0.3) is 0 Å². The lowest BCUT2D eigenvalue weighted by Crippen LogP contribution is -2.41. The molecule has 0 aliphatic heterocycles. The van der Waals surface area contributed by atoms with Gasteiger partial charge in [-0.1, -0.05) is 23.2 Å². The van der Waals surface area contributed by atoms with Gasteiger partial charge in [-0.05, 0) is 42.0 Å². The normalized spacial score (nSPS) is 11.2. The number of halogens is 4. The highest BCUT2D eigenvalue weighted by Crippen LogP contribution is 2.23. The van der Waals surface area contributed by atoms with Crippen LogP contribution in [0.2, 0.25) is 10.0 Å². The molecule has 0 spiro atoms. The number of aryl methyl sites for hydroxylation is 1. The average molecular weight is 530 g/mol. The summed E-state index contributed by atoms with van der Waals surface area (Å²) in [6, 6.07) is 8.70. The Labute approximate surface area is 211 Å². The molecule has 0 atom stereocenters. The first-order valence-electron chi connectivity index (χ1n) is 10.4. The molecule has 0 fully saturated rings. The molecule has 3 aromatic heterocycles. The van der Waals surface area contributed by atoms with E-state index in [-0.39, 0.29) is 28.8 Å². The lowest BCUT2D eigenvalue weighted by Gasteiger charge is -2.16. The van der Waals surface area contributed by atoms with Crippen molar-refractivity contribution < 1.29 is 8.78 Å². The largest absolute Gasteiger partial charge is 0.359 e. The van der Waals surface area contributed by atoms with E-state index in [9.17, 15) is 18.4 Å². The summed E-state index contributed by atoms with van der Waals surface area (Å²) < 4.78 is 31.3. The molecule has 0 unspecified atom stereocenters. The van der Waals surface area contributed by atoms with Gasteiger partial charge in [-0.3, -0.25) is 14.2 Å². The molecule has 0 radical (unpaired) electrons. The van der Waals surface area contributed by atoms with Crippen LogP contribution in [0.15, 0.2) is 64.6 Å². The van der Waals surface area contributed by atoms with Gasteiger partial charge in [0.05, 0.1) is 34.0 Å². The van der Waals surface area contributed by atoms with E-state index in [0.29, 0.717) is 5.69 Å². The maximum absolute atomic E-state index is 14.0. The predicted octanol–water partition coefficient (Wildman–Crippen LogP) is 4.05. The molecule has 0 saturated carbocycles. The summed E-state index contributed by atoms with van der Waals surface area (Å²) in [6.07, 6.45) is 4.42. The van der Waals surface area contributed by atoms with Crippen molar-refractivity contribution in [3.63, 3.8) is 0 Å². The van der Waals surface area contributed by atoms with Crippen LogP contribution in [0.25, 0.3) is 16.6 Å². The van der Waals surface area contributed by atoms with E-state index in [1.165, 1.54) is 24.5 Å². The summed E-state index contributed by atoms with van der Waals surface area (Å²) in [7, 11) is 1.78. The van der Waals surface area contributed by atoms with Gasteiger partial charge in [0.2, 0.25) is 5.95 Å². The van der Waals surface area contributed by atoms with Gasteiger partial charge in [0.15, 0.2) is 11.6 Å². The number of hydrogen-bond donors (Lipinski definition) is 1. The van der Waals surface area contributed by atoms with Crippen molar-refractivity contribution in [2.75, 3.05) is 5.32 Å². The zero-order valence-electron chi connectivity index (χ0n) is 18.4. The molecule has 5 rings (SSSR count). The summed E-state index contributed by atoms with van der Waals surface area (Å²) in [5.41, 5.74) is -0.193. The minimum Gasteiger partial charge on any atom is -0.325 e. The fraction of sp³-hybridized carbons (Fsp3) is 0.0870. The maximum Gasteiger partial charge on any atom is 0.359 e. The molecule has 0 bridgehead atoms. The first-order valence-corrected chi connectivity index (χ1v) is 11.1. The molecular formula is C23H15Cl2F2N7O2. The molecule has 5 aromatic rings. The molecule has 0 aliphatic rings. The summed E-state index contributed by atoms with van der Waals surface area (Å²) in [6.45, 7) is -0.283. The quantitative estimate of drug-likeness (QED) is 0.345. The molecular weight excluding hydrogens is 515 g/mol. The third kappa shape index (κ3) is 4.45. The monoisotopic (exact) mass is 529 g/mol. The van der Waals surface area contributed by atoms with Gasteiger partial charge in [-0.2, -0.15) is 10.1 Å². The molecule has 182 valence electrons. The highest BCUT2D eigenvalue weighted by atomic mass is 35.5. The second-order valence-corrected chi connectivity index (χ2v) is 8.70. The number of nitrogens with one attached hydrogen (secondary N) is 1. The second-order valence-electron chi connectivity index (χ2n) is 7.86. The van der Waals surface area contributed by atoms with Gasteiger partial charge >= 0.3 is 11.4 Å². The Morgan fingerprint density at radius 1 is 1.06 bits per heavy atom. The summed E-state index contributed by atoms with van der Waals surface area (Å²) in [4.78, 5) is 34.4. The highest BCUT2D eigenvalue weighted by Gasteiger charge is 2.18. The molecule has 0 amide bonds. The van der Waals surface area contributed by atoms with E-state index in [1.807, 2.05) is 0 Å². The van der Waals surface area contributed by atoms with Crippen LogP contribution in [0.1, 0.15) is 5.56 Å². The number of benzene rings is 2. The van der Waals surface area contributed by atoms with Gasteiger partial charge in [0, 0.05) is 30.5 Å². The van der Waals surface area contributed by atoms with Crippen molar-refractivity contribution in [3.05, 3.63) is 103 Å². The number of anilines is 2. The molecule has 2 aromatic carbocycles. The number of pyridine rings is 1. The lowest BCUT2D eigenvalue weighted by molar-refractivity contribution is 0.506. The summed E-state index contributed by atoms with van der Waals surface area (Å²) >= 11 is 11.8. The van der Waals surface area contributed by atoms with Crippen LogP contribution < -0.4 is 16.7 Å². The molecule has 36 heavy (non-hydrogen) atoms. The average Bonchev–Trinajstić information content (AvgIpc) is 3.19. The number of aromatic nitrogens is 6. The molecule has 1 N–H and O–H groups in total. The summed E-state index contributed by atoms with van der Waals surface area (Å²) in [5, 5.41) is 7.83. The van der Waals surface area contributed by atoms with Gasteiger partial charge < -0.3 is 5.32 Å². The molecule has 3 heterocycles. The third-order valence-corrected chi connectivity index (χ3v) is 5.76. The Morgan fingerprint density at radius 2 is 1.86 bits per heavy atom. The number of fused-ring (bicyclic) bond motifs is 1. The van der Waals surface area contributed by atoms with Crippen molar-refractivity contribution in [2.24, 2.45) is 7.05 Å². The minimum atomic E-state index is -1.20. The van der Waals surface area contributed by atoms with Gasteiger partial charge in [0.1, 0.15) is 0 Å². The highest BCUT2D eigenvalue weighted by molar-refractivity contribution is 6.31. The fourth-order valence-electron chi connectivity index (χ4n) is 3.71. The lowest BCUT2D eigenvalue weighted by atomic mass is 10.2. The van der Waals surface area contributed by atoms with Crippen LogP contribution in [0.4, 0.5) is 20.4 Å². The first kappa shape index (κ1) is 23.6. The van der Waals surface area contributed by atoms with E-state index in [2.05, 4.69) is 20.4 Å². The Morgan fingerprint density at radius 3 is 2.61 bits per heavy atom. The standard InChI is InChI=1S/C23H15Cl2F2N7O2/c1-32-11-13-6-15(2-3-19(13)31-32)29-21-30-22(35)34(16-7-14(24)8-28-9-16)23(36)33(21)10-12-4-17(25)20(27)18(26)5-12/h2-9,11H,10H2,1H3,(H,29,30,35). The van der Waals surface area contributed by atoms with Crippen LogP contribution >= 0.6 is 23.2 Å². The number of nitrogens with zero attached hydrogens (tertiary/aromatic N) is 6. The van der Waals surface area contributed by atoms with Crippen LogP contribution in [0.5, 0.6) is 0 Å². The molecule has 9 nitrogen and oxygen atoms in total. The van der Waals surface area contributed by atoms with Crippen molar-refractivity contribution >= 4 is 45.7 Å². The van der Waals surface area contributed by atoms with E-state index in [1.54, 1.807) is 36.1 Å². The van der Waals surface area contributed by atoms with E-state index >= 15 is 0 Å². The first-order chi connectivity index (χ1) is 17.2. The van der Waals surface area contributed by atoms with Crippen LogP contribution in [-0.2, 0) is 13.6 Å². The zero-order chi connectivity index (χ0) is 25.6. The predicted molar refractivity (Wildman–Crippen MR) is 131 cm³/mol. The SMILES string of the molecule is Cn1cc2cc(Nc3nc(=O)n(-c4cncc(Cl)c4)c(=O)n3Cc3cc(F)c(F)c(Cl)c3)ccc2n1. The zero-order valence-corrected chi connectivity index (χ0v) is 19.9. The van der Waals surface area contributed by atoms with E-state index in [4.69, 9.17) is 23.2 Å². The summed E-state index contributed by atoms with van der Waals surface area (Å²) in [5.74, 6) is -2.51. The van der Waals surface area contributed by atoms with E-state index < -0.39 is 28.0 Å². The second kappa shape index (κ2) is 9.17. The topological polar surface area (TPSA) is 99.6 Å². The van der Waals surface area contributed by atoms with Crippen LogP contribution in [0.3, 0.4) is 0 Å². The maximum atomic E-state index is 14.0. The molecule has 0 aliphatic carbocycles. The third-order valence-electron chi connectivity index (χ3n) is 5.28. The minimum absolute atomic E-state index is 0.0883. The number of hydrogen-bond acceptors (Lipinski definition) is 6. The Kier molecular flexibility index (Phi) is 6.02. The van der Waals surface area contributed by atoms with Gasteiger partial charge in [-0.25, -0.2) is 22.9 Å². The van der Waals surface area contributed by atoms with Crippen molar-refractivity contribution in [2.45, 2.75) is 6.54 Å². The van der Waals surface area contributed by atoms with Crippen LogP contribution in [-0.4, -0.2) is 28.9 Å². The van der Waals surface area contributed by atoms with Crippen molar-refractivity contribution in [1.29, 1.82) is 0 Å². The van der Waals surface area contributed by atoms with Crippen molar-refractivity contribution in [3.8, 4) is 5.69 Å².